The molecule has 2 aliphatic heterocycles. The van der Waals surface area contributed by atoms with E-state index in [1.165, 1.54) is 19.4 Å². The fourth-order valence-electron chi connectivity index (χ4n) is 3.19. The maximum absolute atomic E-state index is 11.2. The van der Waals surface area contributed by atoms with Crippen LogP contribution in [0.2, 0.25) is 0 Å². The zero-order valence-corrected chi connectivity index (χ0v) is 11.9. The van der Waals surface area contributed by atoms with Gasteiger partial charge in [0.1, 0.15) is 0 Å². The summed E-state index contributed by atoms with van der Waals surface area (Å²) in [5, 5.41) is 9.25. The van der Waals surface area contributed by atoms with Gasteiger partial charge in [-0.1, -0.05) is 0 Å². The van der Waals surface area contributed by atoms with Crippen LogP contribution in [-0.4, -0.2) is 59.6 Å². The first-order valence-electron chi connectivity index (χ1n) is 7.10. The minimum atomic E-state index is -0.626. The van der Waals surface area contributed by atoms with Gasteiger partial charge < -0.3 is 14.9 Å². The molecule has 0 aromatic heterocycles. The summed E-state index contributed by atoms with van der Waals surface area (Å²) in [6.45, 7) is 7.24. The Balaban J connectivity index is 1.88. The summed E-state index contributed by atoms with van der Waals surface area (Å²) >= 11 is 0. The maximum atomic E-state index is 11.2. The Morgan fingerprint density at radius 3 is 2.39 bits per heavy atom. The smallest absolute Gasteiger partial charge is 0.309 e. The Labute approximate surface area is 110 Å². The Morgan fingerprint density at radius 2 is 1.89 bits per heavy atom. The van der Waals surface area contributed by atoms with Crippen LogP contribution < -0.4 is 0 Å². The van der Waals surface area contributed by atoms with Crippen molar-refractivity contribution in [3.63, 3.8) is 0 Å². The molecule has 18 heavy (non-hydrogen) atoms. The molecule has 0 spiro atoms. The van der Waals surface area contributed by atoms with Crippen molar-refractivity contribution in [1.82, 2.24) is 9.80 Å². The molecule has 2 fully saturated rings. The van der Waals surface area contributed by atoms with Gasteiger partial charge in [0.05, 0.1) is 5.41 Å². The fraction of sp³-hybridized carbons (Fsp3) is 0.929. The molecule has 0 radical (unpaired) electrons. The number of hydrogen-bond donors (Lipinski definition) is 1. The molecule has 1 N–H and O–H groups in total. The summed E-state index contributed by atoms with van der Waals surface area (Å²) in [5.41, 5.74) is -0.492. The Morgan fingerprint density at radius 1 is 1.28 bits per heavy atom. The normalized spacial score (nSPS) is 34.4. The molecule has 104 valence electrons. The molecule has 0 aromatic rings. The molecule has 2 unspecified atom stereocenters. The third-order valence-corrected chi connectivity index (χ3v) is 5.11. The van der Waals surface area contributed by atoms with Crippen molar-refractivity contribution in [1.29, 1.82) is 0 Å². The molecule has 2 saturated heterocycles. The summed E-state index contributed by atoms with van der Waals surface area (Å²) in [6.07, 6.45) is 4.04. The van der Waals surface area contributed by atoms with Gasteiger partial charge in [0.25, 0.3) is 0 Å². The lowest BCUT2D eigenvalue weighted by Gasteiger charge is -2.45. The number of likely N-dealkylation sites (tertiary alicyclic amines) is 2. The zero-order chi connectivity index (χ0) is 13.3. The average molecular weight is 254 g/mol. The molecule has 2 rings (SSSR count). The number of piperidine rings is 2. The van der Waals surface area contributed by atoms with Gasteiger partial charge in [0.2, 0.25) is 0 Å². The van der Waals surface area contributed by atoms with E-state index in [1.807, 2.05) is 6.92 Å². The highest BCUT2D eigenvalue weighted by molar-refractivity contribution is 5.74. The largest absolute Gasteiger partial charge is 0.481 e. The number of rotatable bonds is 2. The van der Waals surface area contributed by atoms with E-state index in [1.54, 1.807) is 0 Å². The van der Waals surface area contributed by atoms with E-state index in [0.717, 1.165) is 25.9 Å². The van der Waals surface area contributed by atoms with Crippen LogP contribution in [0.3, 0.4) is 0 Å². The molecular weight excluding hydrogens is 228 g/mol. The van der Waals surface area contributed by atoms with Crippen molar-refractivity contribution in [2.75, 3.05) is 26.7 Å². The van der Waals surface area contributed by atoms with E-state index in [9.17, 15) is 9.90 Å². The molecule has 2 heterocycles. The van der Waals surface area contributed by atoms with Crippen LogP contribution in [-0.2, 0) is 4.79 Å². The predicted molar refractivity (Wildman–Crippen MR) is 71.7 cm³/mol. The number of nitrogens with zero attached hydrogens (tertiary/aromatic N) is 2. The van der Waals surface area contributed by atoms with E-state index in [-0.39, 0.29) is 0 Å². The van der Waals surface area contributed by atoms with Gasteiger partial charge in [-0.15, -0.1) is 0 Å². The maximum Gasteiger partial charge on any atom is 0.309 e. The number of hydrogen-bond acceptors (Lipinski definition) is 3. The Bertz CT molecular complexity index is 311. The fourth-order valence-corrected chi connectivity index (χ4v) is 3.19. The monoisotopic (exact) mass is 254 g/mol. The molecule has 2 aliphatic rings. The second-order valence-electron chi connectivity index (χ2n) is 6.41. The molecule has 4 heteroatoms. The van der Waals surface area contributed by atoms with E-state index in [4.69, 9.17) is 0 Å². The molecule has 0 aromatic carbocycles. The first-order chi connectivity index (χ1) is 8.42. The Hall–Kier alpha value is -0.610. The minimum absolute atomic E-state index is 0.492. The quantitative estimate of drug-likeness (QED) is 0.814. The Kier molecular flexibility index (Phi) is 3.97. The minimum Gasteiger partial charge on any atom is -0.481 e. The third-order valence-electron chi connectivity index (χ3n) is 5.11. The summed E-state index contributed by atoms with van der Waals surface area (Å²) in [5.74, 6) is -0.626. The number of aliphatic carboxylic acids is 1. The average Bonchev–Trinajstić information content (AvgIpc) is 2.34. The summed E-state index contributed by atoms with van der Waals surface area (Å²) in [6, 6.07) is 1.31. The third kappa shape index (κ3) is 2.69. The highest BCUT2D eigenvalue weighted by Crippen LogP contribution is 2.33. The lowest BCUT2D eigenvalue weighted by atomic mass is 9.79. The van der Waals surface area contributed by atoms with Crippen LogP contribution in [0.5, 0.6) is 0 Å². The van der Waals surface area contributed by atoms with Crippen molar-refractivity contribution in [3.8, 4) is 0 Å². The van der Waals surface area contributed by atoms with Crippen LogP contribution >= 0.6 is 0 Å². The van der Waals surface area contributed by atoms with Crippen molar-refractivity contribution in [2.24, 2.45) is 5.41 Å². The summed E-state index contributed by atoms with van der Waals surface area (Å²) < 4.78 is 0. The van der Waals surface area contributed by atoms with Crippen LogP contribution in [0.15, 0.2) is 0 Å². The van der Waals surface area contributed by atoms with E-state index in [0.29, 0.717) is 12.1 Å². The van der Waals surface area contributed by atoms with Crippen LogP contribution in [0.25, 0.3) is 0 Å². The predicted octanol–water partition coefficient (Wildman–Crippen LogP) is 1.66. The molecule has 0 aliphatic carbocycles. The van der Waals surface area contributed by atoms with Gasteiger partial charge >= 0.3 is 5.97 Å². The standard InChI is InChI=1S/C14H26N2O2/c1-11-10-12(4-7-15(11)3)16-8-5-14(2,6-9-16)13(17)18/h11-12H,4-10H2,1-3H3,(H,17,18). The van der Waals surface area contributed by atoms with Gasteiger partial charge in [0.15, 0.2) is 0 Å². The van der Waals surface area contributed by atoms with Gasteiger partial charge in [-0.3, -0.25) is 4.79 Å². The van der Waals surface area contributed by atoms with E-state index >= 15 is 0 Å². The molecular formula is C14H26N2O2. The van der Waals surface area contributed by atoms with Crippen molar-refractivity contribution in [3.05, 3.63) is 0 Å². The molecule has 2 atom stereocenters. The van der Waals surface area contributed by atoms with Gasteiger partial charge in [-0.2, -0.15) is 0 Å². The topological polar surface area (TPSA) is 43.8 Å². The highest BCUT2D eigenvalue weighted by Gasteiger charge is 2.39. The SMILES string of the molecule is CC1CC(N2CCC(C)(C(=O)O)CC2)CCN1C. The molecule has 0 saturated carbocycles. The summed E-state index contributed by atoms with van der Waals surface area (Å²) in [7, 11) is 2.19. The first-order valence-corrected chi connectivity index (χ1v) is 7.10. The van der Waals surface area contributed by atoms with Crippen LogP contribution in [0, 0.1) is 5.41 Å². The number of carbonyl (C=O) groups is 1. The lowest BCUT2D eigenvalue weighted by molar-refractivity contribution is -0.151. The van der Waals surface area contributed by atoms with Crippen LogP contribution in [0.1, 0.15) is 39.5 Å². The second-order valence-corrected chi connectivity index (χ2v) is 6.41. The molecule has 0 bridgehead atoms. The van der Waals surface area contributed by atoms with Crippen molar-refractivity contribution < 1.29 is 9.90 Å². The molecule has 0 amide bonds. The van der Waals surface area contributed by atoms with Gasteiger partial charge in [-0.25, -0.2) is 0 Å². The summed E-state index contributed by atoms with van der Waals surface area (Å²) in [4.78, 5) is 16.2. The highest BCUT2D eigenvalue weighted by atomic mass is 16.4. The first kappa shape index (κ1) is 13.8. The zero-order valence-electron chi connectivity index (χ0n) is 11.9. The van der Waals surface area contributed by atoms with E-state index < -0.39 is 11.4 Å². The number of carboxylic acids is 1. The lowest BCUT2D eigenvalue weighted by Crippen LogP contribution is -2.52. The van der Waals surface area contributed by atoms with Crippen LogP contribution in [0.4, 0.5) is 0 Å². The van der Waals surface area contributed by atoms with E-state index in [2.05, 4.69) is 23.8 Å². The second kappa shape index (κ2) is 5.17. The van der Waals surface area contributed by atoms with Crippen molar-refractivity contribution in [2.45, 2.75) is 51.6 Å². The molecule has 4 nitrogen and oxygen atoms in total. The van der Waals surface area contributed by atoms with Gasteiger partial charge in [0, 0.05) is 12.1 Å². The van der Waals surface area contributed by atoms with Gasteiger partial charge in [-0.05, 0) is 66.2 Å². The number of carboxylic acid groups (broad SMARTS) is 1. The van der Waals surface area contributed by atoms with Crippen molar-refractivity contribution >= 4 is 5.97 Å².